The summed E-state index contributed by atoms with van der Waals surface area (Å²) in [5.41, 5.74) is 0.858. The molecule has 0 saturated heterocycles. The number of carbonyl (C=O) groups excluding carboxylic acids is 1. The molecule has 0 aliphatic carbocycles. The maximum atomic E-state index is 11.9. The van der Waals surface area contributed by atoms with Crippen molar-refractivity contribution in [1.82, 2.24) is 10.3 Å². The minimum absolute atomic E-state index is 0.125. The van der Waals surface area contributed by atoms with Gasteiger partial charge in [-0.1, -0.05) is 30.3 Å². The molecule has 2 N–H and O–H groups in total. The molecule has 2 rings (SSSR count). The Kier molecular flexibility index (Phi) is 6.42. The minimum atomic E-state index is -1.01. The van der Waals surface area contributed by atoms with E-state index >= 15 is 0 Å². The number of hydrogen-bond acceptors (Lipinski definition) is 6. The van der Waals surface area contributed by atoms with Crippen molar-refractivity contribution in [3.8, 4) is 0 Å². The molecule has 6 nitrogen and oxygen atoms in total. The van der Waals surface area contributed by atoms with E-state index in [1.807, 2.05) is 36.6 Å². The maximum Gasteiger partial charge on any atom is 0.408 e. The monoisotopic (exact) mass is 352 g/mol. The van der Waals surface area contributed by atoms with Gasteiger partial charge in [0, 0.05) is 0 Å². The zero-order valence-corrected chi connectivity index (χ0v) is 14.0. The number of nitrogens with one attached hydrogen (secondary N) is 1. The smallest absolute Gasteiger partial charge is 0.408 e. The highest BCUT2D eigenvalue weighted by molar-refractivity contribution is 8.00. The third-order valence-electron chi connectivity index (χ3n) is 2.89. The second-order valence-corrected chi connectivity index (χ2v) is 6.75. The molecule has 0 fully saturated rings. The van der Waals surface area contributed by atoms with Crippen LogP contribution in [0, 0.1) is 0 Å². The van der Waals surface area contributed by atoms with E-state index < -0.39 is 18.1 Å². The fourth-order valence-electron chi connectivity index (χ4n) is 1.81. The first-order valence-electron chi connectivity index (χ1n) is 6.77. The number of alkyl carbamates (subject to hydrolysis) is 1. The van der Waals surface area contributed by atoms with Crippen LogP contribution in [0.5, 0.6) is 0 Å². The van der Waals surface area contributed by atoms with Gasteiger partial charge < -0.3 is 15.2 Å². The summed E-state index contributed by atoms with van der Waals surface area (Å²) in [6.07, 6.45) is 2.66. The van der Waals surface area contributed by atoms with Crippen LogP contribution in [0.4, 0.5) is 4.79 Å². The van der Waals surface area contributed by atoms with E-state index in [-0.39, 0.29) is 13.0 Å². The van der Waals surface area contributed by atoms with Crippen LogP contribution in [0.1, 0.15) is 23.0 Å². The molecule has 8 heteroatoms. The van der Waals surface area contributed by atoms with Crippen molar-refractivity contribution in [1.29, 1.82) is 0 Å². The number of carboxylic acids is 1. The molecule has 122 valence electrons. The summed E-state index contributed by atoms with van der Waals surface area (Å²) in [5.74, 6) is -1.01. The Hall–Kier alpha value is -2.06. The highest BCUT2D eigenvalue weighted by Crippen LogP contribution is 2.28. The molecule has 2 aromatic rings. The molecule has 0 bridgehead atoms. The standard InChI is InChI=1S/C15H16N2O4S2/c1-22-13-8-16-14(23-13)11(7-12(18)19)17-15(20)21-9-10-5-3-2-4-6-10/h2-6,8,11H,7,9H2,1H3,(H,17,20)(H,18,19)/t11-/m0/s1. The van der Waals surface area contributed by atoms with Gasteiger partial charge in [0.25, 0.3) is 0 Å². The normalized spacial score (nSPS) is 11.7. The minimum Gasteiger partial charge on any atom is -0.481 e. The molecule has 1 aromatic heterocycles. The van der Waals surface area contributed by atoms with Crippen molar-refractivity contribution in [2.75, 3.05) is 6.26 Å². The van der Waals surface area contributed by atoms with Gasteiger partial charge in [0.15, 0.2) is 0 Å². The number of thioether (sulfide) groups is 1. The number of thiazole rings is 1. The van der Waals surface area contributed by atoms with Crippen LogP contribution < -0.4 is 5.32 Å². The van der Waals surface area contributed by atoms with Gasteiger partial charge in [-0.3, -0.25) is 4.79 Å². The number of carbonyl (C=O) groups is 2. The number of nitrogens with zero attached hydrogens (tertiary/aromatic N) is 1. The summed E-state index contributed by atoms with van der Waals surface area (Å²) in [4.78, 5) is 27.1. The van der Waals surface area contributed by atoms with Crippen LogP contribution in [0.2, 0.25) is 0 Å². The first kappa shape index (κ1) is 17.3. The van der Waals surface area contributed by atoms with Crippen molar-refractivity contribution in [2.45, 2.75) is 23.3 Å². The summed E-state index contributed by atoms with van der Waals surface area (Å²) < 4.78 is 6.08. The fourth-order valence-corrected chi connectivity index (χ4v) is 3.26. The molecule has 1 amide bonds. The lowest BCUT2D eigenvalue weighted by atomic mass is 10.2. The third kappa shape index (κ3) is 5.57. The fraction of sp³-hybridized carbons (Fsp3) is 0.267. The number of aromatic nitrogens is 1. The van der Waals surface area contributed by atoms with E-state index in [2.05, 4.69) is 10.3 Å². The van der Waals surface area contributed by atoms with Gasteiger partial charge in [0.05, 0.1) is 22.9 Å². The summed E-state index contributed by atoms with van der Waals surface area (Å²) in [5, 5.41) is 12.1. The number of benzene rings is 1. The Morgan fingerprint density at radius 1 is 1.39 bits per heavy atom. The lowest BCUT2D eigenvalue weighted by Crippen LogP contribution is -2.30. The lowest BCUT2D eigenvalue weighted by molar-refractivity contribution is -0.137. The van der Waals surface area contributed by atoms with Crippen LogP contribution in [-0.2, 0) is 16.1 Å². The molecule has 1 heterocycles. The first-order chi connectivity index (χ1) is 11.1. The van der Waals surface area contributed by atoms with Crippen molar-refractivity contribution < 1.29 is 19.4 Å². The van der Waals surface area contributed by atoms with Crippen LogP contribution in [0.3, 0.4) is 0 Å². The number of ether oxygens (including phenoxy) is 1. The average Bonchev–Trinajstić information content (AvgIpc) is 3.02. The Morgan fingerprint density at radius 2 is 2.13 bits per heavy atom. The van der Waals surface area contributed by atoms with E-state index in [0.717, 1.165) is 9.77 Å². The highest BCUT2D eigenvalue weighted by Gasteiger charge is 2.22. The zero-order valence-electron chi connectivity index (χ0n) is 12.4. The first-order valence-corrected chi connectivity index (χ1v) is 8.81. The van der Waals surface area contributed by atoms with Crippen molar-refractivity contribution >= 4 is 35.2 Å². The molecule has 0 spiro atoms. The molecule has 0 saturated carbocycles. The van der Waals surface area contributed by atoms with Crippen molar-refractivity contribution in [3.63, 3.8) is 0 Å². The summed E-state index contributed by atoms with van der Waals surface area (Å²) in [7, 11) is 0. The van der Waals surface area contributed by atoms with Gasteiger partial charge in [-0.2, -0.15) is 0 Å². The predicted molar refractivity (Wildman–Crippen MR) is 88.7 cm³/mol. The van der Waals surface area contributed by atoms with E-state index in [0.29, 0.717) is 5.01 Å². The van der Waals surface area contributed by atoms with Crippen molar-refractivity contribution in [3.05, 3.63) is 47.1 Å². The molecule has 0 aliphatic rings. The molecular weight excluding hydrogens is 336 g/mol. The highest BCUT2D eigenvalue weighted by atomic mass is 32.2. The second-order valence-electron chi connectivity index (χ2n) is 4.58. The SMILES string of the molecule is CSc1cnc([C@H](CC(=O)O)NC(=O)OCc2ccccc2)s1. The Balaban J connectivity index is 1.96. The summed E-state index contributed by atoms with van der Waals surface area (Å²) in [6, 6.07) is 8.55. The Labute approximate surface area is 141 Å². The van der Waals surface area contributed by atoms with E-state index in [9.17, 15) is 9.59 Å². The topological polar surface area (TPSA) is 88.5 Å². The van der Waals surface area contributed by atoms with Gasteiger partial charge in [0.1, 0.15) is 11.6 Å². The molecule has 0 radical (unpaired) electrons. The quantitative estimate of drug-likeness (QED) is 0.743. The van der Waals surface area contributed by atoms with E-state index in [1.165, 1.54) is 23.1 Å². The van der Waals surface area contributed by atoms with Crippen molar-refractivity contribution in [2.24, 2.45) is 0 Å². The summed E-state index contributed by atoms with van der Waals surface area (Å²) in [6.45, 7) is 0.125. The van der Waals surface area contributed by atoms with E-state index in [1.54, 1.807) is 6.20 Å². The van der Waals surface area contributed by atoms with Crippen LogP contribution in [0.15, 0.2) is 40.7 Å². The molecule has 1 aromatic carbocycles. The van der Waals surface area contributed by atoms with Crippen LogP contribution in [0.25, 0.3) is 0 Å². The number of hydrogen-bond donors (Lipinski definition) is 2. The predicted octanol–water partition coefficient (Wildman–Crippen LogP) is 3.31. The van der Waals surface area contributed by atoms with Gasteiger partial charge >= 0.3 is 12.1 Å². The van der Waals surface area contributed by atoms with Crippen LogP contribution in [-0.4, -0.2) is 28.4 Å². The maximum absolute atomic E-state index is 11.9. The van der Waals surface area contributed by atoms with Gasteiger partial charge in [-0.05, 0) is 11.8 Å². The van der Waals surface area contributed by atoms with Gasteiger partial charge in [-0.15, -0.1) is 23.1 Å². The molecular formula is C15H16N2O4S2. The molecule has 0 aliphatic heterocycles. The van der Waals surface area contributed by atoms with Gasteiger partial charge in [-0.25, -0.2) is 9.78 Å². The molecule has 23 heavy (non-hydrogen) atoms. The number of carboxylic acid groups (broad SMARTS) is 1. The van der Waals surface area contributed by atoms with Gasteiger partial charge in [0.2, 0.25) is 0 Å². The molecule has 1 atom stereocenters. The third-order valence-corrected chi connectivity index (χ3v) is 5.05. The zero-order chi connectivity index (χ0) is 16.7. The lowest BCUT2D eigenvalue weighted by Gasteiger charge is -2.14. The van der Waals surface area contributed by atoms with Crippen LogP contribution >= 0.6 is 23.1 Å². The molecule has 0 unspecified atom stereocenters. The Bertz CT molecular complexity index is 661. The number of amides is 1. The van der Waals surface area contributed by atoms with E-state index in [4.69, 9.17) is 9.84 Å². The summed E-state index contributed by atoms with van der Waals surface area (Å²) >= 11 is 2.87. The average molecular weight is 352 g/mol. The second kappa shape index (κ2) is 8.54. The number of aliphatic carboxylic acids is 1. The Morgan fingerprint density at radius 3 is 2.74 bits per heavy atom. The largest absolute Gasteiger partial charge is 0.481 e. The number of rotatable bonds is 7.